The van der Waals surface area contributed by atoms with Crippen LogP contribution in [0.15, 0.2) is 128 Å². The van der Waals surface area contributed by atoms with Crippen molar-refractivity contribution in [3.63, 3.8) is 0 Å². The van der Waals surface area contributed by atoms with E-state index in [1.165, 1.54) is 39.6 Å². The summed E-state index contributed by atoms with van der Waals surface area (Å²) in [5, 5.41) is 0. The lowest BCUT2D eigenvalue weighted by Gasteiger charge is -2.40. The third kappa shape index (κ3) is 5.48. The van der Waals surface area contributed by atoms with Crippen LogP contribution >= 0.6 is 0 Å². The number of hydrogen-bond donors (Lipinski definition) is 0. The Hall–Kier alpha value is -3.96. The molecule has 0 spiro atoms. The zero-order valence-corrected chi connectivity index (χ0v) is 22.2. The number of aryl methyl sites for hydroxylation is 1. The lowest BCUT2D eigenvalue weighted by molar-refractivity contribution is -0.697. The molecule has 3 aromatic carbocycles. The number of fused-ring (bicyclic) bond motifs is 2. The van der Waals surface area contributed by atoms with Gasteiger partial charge in [0.05, 0.1) is 22.7 Å². The summed E-state index contributed by atoms with van der Waals surface area (Å²) in [7, 11) is 0. The Morgan fingerprint density at radius 2 is 1.11 bits per heavy atom. The molecule has 0 saturated carbocycles. The van der Waals surface area contributed by atoms with Gasteiger partial charge in [-0.2, -0.15) is 0 Å². The fraction of sp³-hybridized carbons (Fsp3) is 0.152. The summed E-state index contributed by atoms with van der Waals surface area (Å²) >= 11 is 0. The molecule has 3 heterocycles. The van der Waals surface area contributed by atoms with Crippen molar-refractivity contribution in [1.82, 2.24) is 4.98 Å². The van der Waals surface area contributed by atoms with Crippen LogP contribution in [0.4, 0.5) is 28.4 Å². The molecule has 4 nitrogen and oxygen atoms in total. The van der Waals surface area contributed by atoms with Gasteiger partial charge in [-0.15, -0.1) is 0 Å². The average molecular weight is 566 g/mol. The van der Waals surface area contributed by atoms with E-state index in [-0.39, 0.29) is 24.4 Å². The van der Waals surface area contributed by atoms with Crippen molar-refractivity contribution in [1.29, 1.82) is 0 Å². The Labute approximate surface area is 236 Å². The molecular formula is C33H33BrN4. The monoisotopic (exact) mass is 564 g/mol. The standard InChI is InChI=1S/C32H29N4.CH4.BrH/c1-2-10-28(11-3-1)36-31-14-6-4-12-29(31)35(30-13-5-7-15-32(30)36)23-9-8-22-34-24-18-27(19-25-34)26-16-20-33-21-17-26;;/h1-7,10-21,24-25H,8-9,22-23H2;1H4;1H/q+1;;/p-1. The van der Waals surface area contributed by atoms with Crippen molar-refractivity contribution >= 4 is 28.4 Å². The number of rotatable bonds is 7. The molecular weight excluding hydrogens is 532 g/mol. The predicted octanol–water partition coefficient (Wildman–Crippen LogP) is 5.08. The molecule has 0 aliphatic carbocycles. The van der Waals surface area contributed by atoms with Gasteiger partial charge < -0.3 is 26.8 Å². The first-order chi connectivity index (χ1) is 17.9. The number of unbranched alkanes of at least 4 members (excludes halogenated alkanes) is 1. The Balaban J connectivity index is 0.00000168. The van der Waals surface area contributed by atoms with Crippen molar-refractivity contribution in [3.8, 4) is 11.1 Å². The highest BCUT2D eigenvalue weighted by Crippen LogP contribution is 2.50. The zero-order chi connectivity index (χ0) is 24.2. The van der Waals surface area contributed by atoms with E-state index in [0.29, 0.717) is 0 Å². The highest BCUT2D eigenvalue weighted by atomic mass is 79.9. The third-order valence-electron chi connectivity index (χ3n) is 6.79. The number of halogens is 1. The lowest BCUT2D eigenvalue weighted by Crippen LogP contribution is -3.00. The number of anilines is 5. The molecule has 1 aliphatic rings. The molecule has 0 radical (unpaired) electrons. The zero-order valence-electron chi connectivity index (χ0n) is 20.6. The van der Waals surface area contributed by atoms with Gasteiger partial charge in [0.1, 0.15) is 6.54 Å². The summed E-state index contributed by atoms with van der Waals surface area (Å²) in [6.45, 7) is 1.98. The predicted molar refractivity (Wildman–Crippen MR) is 154 cm³/mol. The van der Waals surface area contributed by atoms with Gasteiger partial charge in [-0.1, -0.05) is 49.9 Å². The van der Waals surface area contributed by atoms with E-state index in [1.807, 2.05) is 24.5 Å². The van der Waals surface area contributed by atoms with Crippen LogP contribution in [0.25, 0.3) is 11.1 Å². The van der Waals surface area contributed by atoms with Gasteiger partial charge in [0, 0.05) is 43.2 Å². The first-order valence-electron chi connectivity index (χ1n) is 12.6. The van der Waals surface area contributed by atoms with Crippen molar-refractivity contribution in [2.45, 2.75) is 26.8 Å². The number of aromatic nitrogens is 2. The van der Waals surface area contributed by atoms with E-state index in [4.69, 9.17) is 0 Å². The molecule has 0 saturated heterocycles. The molecule has 5 heteroatoms. The van der Waals surface area contributed by atoms with Crippen LogP contribution in [0.1, 0.15) is 20.3 Å². The minimum absolute atomic E-state index is 0. The van der Waals surface area contributed by atoms with E-state index in [9.17, 15) is 0 Å². The molecule has 0 atom stereocenters. The third-order valence-corrected chi connectivity index (χ3v) is 6.79. The number of hydrogen-bond acceptors (Lipinski definition) is 3. The summed E-state index contributed by atoms with van der Waals surface area (Å²) in [5.41, 5.74) is 8.57. The average Bonchev–Trinajstić information content (AvgIpc) is 2.96. The maximum Gasteiger partial charge on any atom is 0.169 e. The van der Waals surface area contributed by atoms with E-state index >= 15 is 0 Å². The molecule has 5 aromatic rings. The number of benzene rings is 3. The second-order valence-corrected chi connectivity index (χ2v) is 9.07. The van der Waals surface area contributed by atoms with Crippen LogP contribution in [0.2, 0.25) is 0 Å². The van der Waals surface area contributed by atoms with Crippen molar-refractivity contribution < 1.29 is 21.5 Å². The van der Waals surface area contributed by atoms with E-state index < -0.39 is 0 Å². The molecule has 0 fully saturated rings. The summed E-state index contributed by atoms with van der Waals surface area (Å²) in [4.78, 5) is 8.98. The van der Waals surface area contributed by atoms with Gasteiger partial charge in [0.15, 0.2) is 12.4 Å². The molecule has 6 rings (SSSR count). The van der Waals surface area contributed by atoms with Crippen LogP contribution in [0.5, 0.6) is 0 Å². The topological polar surface area (TPSA) is 23.2 Å². The van der Waals surface area contributed by atoms with Crippen LogP contribution in [-0.4, -0.2) is 11.5 Å². The number of pyridine rings is 2. The molecule has 1 aliphatic heterocycles. The Morgan fingerprint density at radius 1 is 0.579 bits per heavy atom. The largest absolute Gasteiger partial charge is 1.00 e. The van der Waals surface area contributed by atoms with E-state index in [1.54, 1.807) is 0 Å². The molecule has 38 heavy (non-hydrogen) atoms. The minimum Gasteiger partial charge on any atom is -1.00 e. The maximum absolute atomic E-state index is 4.11. The molecule has 192 valence electrons. The molecule has 0 unspecified atom stereocenters. The fourth-order valence-corrected chi connectivity index (χ4v) is 5.03. The van der Waals surface area contributed by atoms with Gasteiger partial charge in [0.25, 0.3) is 0 Å². The fourth-order valence-electron chi connectivity index (χ4n) is 5.03. The maximum atomic E-state index is 4.11. The summed E-state index contributed by atoms with van der Waals surface area (Å²) in [6, 6.07) is 36.6. The first-order valence-corrected chi connectivity index (χ1v) is 12.6. The Kier molecular flexibility index (Phi) is 8.93. The number of para-hydroxylation sites is 5. The van der Waals surface area contributed by atoms with Gasteiger partial charge in [0.2, 0.25) is 0 Å². The quantitative estimate of drug-likeness (QED) is 0.203. The summed E-state index contributed by atoms with van der Waals surface area (Å²) in [6.07, 6.45) is 10.3. The van der Waals surface area contributed by atoms with E-state index in [0.717, 1.165) is 25.9 Å². The Morgan fingerprint density at radius 3 is 1.71 bits per heavy atom. The molecule has 0 N–H and O–H groups in total. The SMILES string of the molecule is C.[Br-].c1ccc(N2c3ccccc3N(CCCC[n+]3ccc(-c4ccncc4)cc3)c3ccccc32)cc1. The second kappa shape index (κ2) is 12.5. The van der Waals surface area contributed by atoms with Gasteiger partial charge in [-0.05, 0) is 66.1 Å². The molecule has 2 aromatic heterocycles. The van der Waals surface area contributed by atoms with E-state index in [2.05, 4.69) is 123 Å². The van der Waals surface area contributed by atoms with Gasteiger partial charge in [-0.3, -0.25) is 4.98 Å². The summed E-state index contributed by atoms with van der Waals surface area (Å²) in [5.74, 6) is 0. The summed E-state index contributed by atoms with van der Waals surface area (Å²) < 4.78 is 2.28. The highest BCUT2D eigenvalue weighted by Gasteiger charge is 2.28. The van der Waals surface area contributed by atoms with Gasteiger partial charge >= 0.3 is 0 Å². The van der Waals surface area contributed by atoms with Gasteiger partial charge in [-0.25, -0.2) is 4.57 Å². The molecule has 0 amide bonds. The van der Waals surface area contributed by atoms with Crippen molar-refractivity contribution in [3.05, 3.63) is 128 Å². The smallest absolute Gasteiger partial charge is 0.169 e. The minimum atomic E-state index is 0. The molecule has 0 bridgehead atoms. The van der Waals surface area contributed by atoms with Crippen molar-refractivity contribution in [2.75, 3.05) is 16.3 Å². The first kappa shape index (κ1) is 27.1. The highest BCUT2D eigenvalue weighted by molar-refractivity contribution is 5.97. The van der Waals surface area contributed by atoms with Crippen LogP contribution in [0.3, 0.4) is 0 Å². The second-order valence-electron chi connectivity index (χ2n) is 9.07. The Bertz CT molecular complexity index is 1390. The van der Waals surface area contributed by atoms with Crippen molar-refractivity contribution in [2.24, 2.45) is 0 Å². The van der Waals surface area contributed by atoms with Crippen LogP contribution in [0, 0.1) is 0 Å². The van der Waals surface area contributed by atoms with Crippen LogP contribution < -0.4 is 31.3 Å². The lowest BCUT2D eigenvalue weighted by atomic mass is 10.1. The normalized spacial score (nSPS) is 11.6. The number of nitrogens with zero attached hydrogens (tertiary/aromatic N) is 4. The van der Waals surface area contributed by atoms with Crippen LogP contribution in [-0.2, 0) is 6.54 Å².